The maximum Gasteiger partial charge on any atom is 0.0950 e. The highest BCUT2D eigenvalue weighted by atomic mass is 15.5. The van der Waals surface area contributed by atoms with Gasteiger partial charge in [0.25, 0.3) is 0 Å². The van der Waals surface area contributed by atoms with Crippen molar-refractivity contribution in [1.29, 1.82) is 0 Å². The van der Waals surface area contributed by atoms with Crippen LogP contribution in [0.25, 0.3) is 22.5 Å². The van der Waals surface area contributed by atoms with E-state index in [0.29, 0.717) is 0 Å². The van der Waals surface area contributed by atoms with Crippen LogP contribution in [0.15, 0.2) is 66.7 Å². The molecule has 1 aromatic heterocycles. The highest BCUT2D eigenvalue weighted by Crippen LogP contribution is 2.24. The molecule has 0 spiro atoms. The van der Waals surface area contributed by atoms with Gasteiger partial charge in [-0.05, 0) is 6.07 Å². The summed E-state index contributed by atoms with van der Waals surface area (Å²) >= 11 is 0. The molecule has 2 N–H and O–H groups in total. The summed E-state index contributed by atoms with van der Waals surface area (Å²) in [5.74, 6) is 5.92. The number of nitrogens with two attached hydrogens (primary N) is 1. The summed E-state index contributed by atoms with van der Waals surface area (Å²) in [7, 11) is 0. The molecule has 2 aromatic carbocycles. The van der Waals surface area contributed by atoms with Crippen molar-refractivity contribution in [1.82, 2.24) is 9.89 Å². The standard InChI is InChI=1S/C15H13N3/c16-18-15(13-9-5-2-6-10-13)11-14(17-18)12-7-3-1-4-8-12/h1-11H,16H2. The molecule has 3 heteroatoms. The van der Waals surface area contributed by atoms with Crippen LogP contribution >= 0.6 is 0 Å². The summed E-state index contributed by atoms with van der Waals surface area (Å²) in [5, 5.41) is 4.35. The number of hydrogen-bond acceptors (Lipinski definition) is 2. The minimum atomic E-state index is 0.886. The first-order chi connectivity index (χ1) is 8.84. The van der Waals surface area contributed by atoms with Gasteiger partial charge in [-0.2, -0.15) is 9.89 Å². The minimum absolute atomic E-state index is 0.886. The molecule has 0 saturated heterocycles. The Morgan fingerprint density at radius 1 is 0.778 bits per heavy atom. The lowest BCUT2D eigenvalue weighted by Crippen LogP contribution is -2.11. The first-order valence-corrected chi connectivity index (χ1v) is 5.80. The largest absolute Gasteiger partial charge is 0.323 e. The van der Waals surface area contributed by atoms with Crippen LogP contribution in [0, 0.1) is 0 Å². The monoisotopic (exact) mass is 235 g/mol. The molecule has 0 unspecified atom stereocenters. The number of benzene rings is 2. The first-order valence-electron chi connectivity index (χ1n) is 5.80. The Bertz CT molecular complexity index is 642. The lowest BCUT2D eigenvalue weighted by Gasteiger charge is -1.99. The van der Waals surface area contributed by atoms with Gasteiger partial charge in [-0.3, -0.25) is 0 Å². The molecule has 0 fully saturated rings. The molecule has 1 heterocycles. The summed E-state index contributed by atoms with van der Waals surface area (Å²) in [6, 6.07) is 22.0. The zero-order valence-corrected chi connectivity index (χ0v) is 9.82. The van der Waals surface area contributed by atoms with E-state index in [4.69, 9.17) is 5.84 Å². The van der Waals surface area contributed by atoms with Gasteiger partial charge in [0.1, 0.15) is 0 Å². The second kappa shape index (κ2) is 4.37. The van der Waals surface area contributed by atoms with E-state index in [1.54, 1.807) is 0 Å². The van der Waals surface area contributed by atoms with Gasteiger partial charge in [-0.15, -0.1) is 0 Å². The van der Waals surface area contributed by atoms with E-state index in [0.717, 1.165) is 22.5 Å². The number of nitrogen functional groups attached to an aromatic ring is 1. The molecule has 0 aliphatic carbocycles. The Morgan fingerprint density at radius 2 is 1.33 bits per heavy atom. The van der Waals surface area contributed by atoms with Crippen molar-refractivity contribution < 1.29 is 0 Å². The molecule has 3 nitrogen and oxygen atoms in total. The topological polar surface area (TPSA) is 43.8 Å². The van der Waals surface area contributed by atoms with Crippen LogP contribution in [0.1, 0.15) is 0 Å². The van der Waals surface area contributed by atoms with Crippen LogP contribution in [0.5, 0.6) is 0 Å². The van der Waals surface area contributed by atoms with Gasteiger partial charge in [0.2, 0.25) is 0 Å². The van der Waals surface area contributed by atoms with Gasteiger partial charge in [-0.25, -0.2) is 0 Å². The van der Waals surface area contributed by atoms with Crippen LogP contribution in [0.4, 0.5) is 0 Å². The molecule has 0 amide bonds. The third-order valence-electron chi connectivity index (χ3n) is 2.87. The van der Waals surface area contributed by atoms with Crippen molar-refractivity contribution in [3.8, 4) is 22.5 Å². The zero-order valence-electron chi connectivity index (χ0n) is 9.82. The first kappa shape index (κ1) is 10.6. The molecule has 88 valence electrons. The normalized spacial score (nSPS) is 10.4. The van der Waals surface area contributed by atoms with Crippen LogP contribution in [-0.2, 0) is 0 Å². The molecule has 0 atom stereocenters. The fraction of sp³-hybridized carbons (Fsp3) is 0. The van der Waals surface area contributed by atoms with E-state index >= 15 is 0 Å². The Morgan fingerprint density at radius 3 is 1.94 bits per heavy atom. The highest BCUT2D eigenvalue weighted by Gasteiger charge is 2.08. The second-order valence-electron chi connectivity index (χ2n) is 4.09. The van der Waals surface area contributed by atoms with E-state index in [1.807, 2.05) is 66.7 Å². The lowest BCUT2D eigenvalue weighted by atomic mass is 10.1. The number of hydrogen-bond donors (Lipinski definition) is 1. The van der Waals surface area contributed by atoms with Crippen molar-refractivity contribution in [2.24, 2.45) is 0 Å². The summed E-state index contributed by atoms with van der Waals surface area (Å²) in [6.45, 7) is 0. The van der Waals surface area contributed by atoms with Crippen molar-refractivity contribution >= 4 is 0 Å². The van der Waals surface area contributed by atoms with Crippen molar-refractivity contribution in [3.05, 3.63) is 66.7 Å². The summed E-state index contributed by atoms with van der Waals surface area (Å²) in [4.78, 5) is 1.43. The van der Waals surface area contributed by atoms with E-state index in [2.05, 4.69) is 5.10 Å². The van der Waals surface area contributed by atoms with Gasteiger partial charge in [0.05, 0.1) is 11.4 Å². The van der Waals surface area contributed by atoms with Gasteiger partial charge >= 0.3 is 0 Å². The Labute approximate surface area is 105 Å². The van der Waals surface area contributed by atoms with E-state index < -0.39 is 0 Å². The maximum atomic E-state index is 5.92. The molecule has 0 saturated carbocycles. The number of nitrogens with zero attached hydrogens (tertiary/aromatic N) is 2. The maximum absolute atomic E-state index is 5.92. The third-order valence-corrected chi connectivity index (χ3v) is 2.87. The second-order valence-corrected chi connectivity index (χ2v) is 4.09. The minimum Gasteiger partial charge on any atom is -0.323 e. The molecule has 0 radical (unpaired) electrons. The Balaban J connectivity index is 2.07. The quantitative estimate of drug-likeness (QED) is 0.694. The fourth-order valence-electron chi connectivity index (χ4n) is 1.97. The van der Waals surface area contributed by atoms with Crippen LogP contribution in [-0.4, -0.2) is 9.89 Å². The number of rotatable bonds is 2. The average Bonchev–Trinajstić information content (AvgIpc) is 2.83. The van der Waals surface area contributed by atoms with Gasteiger partial charge in [-0.1, -0.05) is 60.7 Å². The summed E-state index contributed by atoms with van der Waals surface area (Å²) in [5.41, 5.74) is 3.93. The molecular formula is C15H13N3. The molecule has 3 rings (SSSR count). The molecule has 18 heavy (non-hydrogen) atoms. The predicted octanol–water partition coefficient (Wildman–Crippen LogP) is 2.93. The molecule has 0 bridgehead atoms. The Kier molecular flexibility index (Phi) is 2.57. The molecule has 3 aromatic rings. The smallest absolute Gasteiger partial charge is 0.0950 e. The zero-order chi connectivity index (χ0) is 12.4. The van der Waals surface area contributed by atoms with Gasteiger partial charge in [0, 0.05) is 11.1 Å². The van der Waals surface area contributed by atoms with Crippen molar-refractivity contribution in [2.45, 2.75) is 0 Å². The van der Waals surface area contributed by atoms with Crippen LogP contribution in [0.3, 0.4) is 0 Å². The Hall–Kier alpha value is -2.55. The molecule has 0 aliphatic rings. The summed E-state index contributed by atoms with van der Waals surface area (Å²) < 4.78 is 0. The fourth-order valence-corrected chi connectivity index (χ4v) is 1.97. The van der Waals surface area contributed by atoms with Crippen molar-refractivity contribution in [3.63, 3.8) is 0 Å². The lowest BCUT2D eigenvalue weighted by molar-refractivity contribution is 0.844. The van der Waals surface area contributed by atoms with Crippen LogP contribution < -0.4 is 5.84 Å². The van der Waals surface area contributed by atoms with Gasteiger partial charge < -0.3 is 5.84 Å². The third kappa shape index (κ3) is 1.86. The molecular weight excluding hydrogens is 222 g/mol. The van der Waals surface area contributed by atoms with Crippen molar-refractivity contribution in [2.75, 3.05) is 5.84 Å². The molecule has 0 aliphatic heterocycles. The SMILES string of the molecule is Nn1nc(-c2ccccc2)cc1-c1ccccc1. The van der Waals surface area contributed by atoms with Gasteiger partial charge in [0.15, 0.2) is 0 Å². The number of aromatic nitrogens is 2. The average molecular weight is 235 g/mol. The summed E-state index contributed by atoms with van der Waals surface area (Å²) in [6.07, 6.45) is 0. The van der Waals surface area contributed by atoms with E-state index in [-0.39, 0.29) is 0 Å². The van der Waals surface area contributed by atoms with Crippen LogP contribution in [0.2, 0.25) is 0 Å². The van der Waals surface area contributed by atoms with E-state index in [1.165, 1.54) is 4.79 Å². The highest BCUT2D eigenvalue weighted by molar-refractivity contribution is 5.68. The predicted molar refractivity (Wildman–Crippen MR) is 73.2 cm³/mol. The van der Waals surface area contributed by atoms with E-state index in [9.17, 15) is 0 Å².